The van der Waals surface area contributed by atoms with Gasteiger partial charge in [0.25, 0.3) is 0 Å². The van der Waals surface area contributed by atoms with Crippen LogP contribution in [0, 0.1) is 29.0 Å². The van der Waals surface area contributed by atoms with Crippen LogP contribution in [0.3, 0.4) is 0 Å². The Morgan fingerprint density at radius 3 is 2.76 bits per heavy atom. The number of rotatable bonds is 4. The molecule has 11 nitrogen and oxygen atoms in total. The summed E-state index contributed by atoms with van der Waals surface area (Å²) in [6.45, 7) is 1.39. The molecule has 7 rings (SSSR count). The van der Waals surface area contributed by atoms with Crippen LogP contribution in [0.5, 0.6) is 0 Å². The lowest BCUT2D eigenvalue weighted by Crippen LogP contribution is -2.30. The van der Waals surface area contributed by atoms with Gasteiger partial charge in [0, 0.05) is 74.4 Å². The predicted molar refractivity (Wildman–Crippen MR) is 157 cm³/mol. The van der Waals surface area contributed by atoms with E-state index in [9.17, 15) is 20.0 Å². The van der Waals surface area contributed by atoms with Crippen molar-refractivity contribution in [1.82, 2.24) is 19.5 Å². The highest BCUT2D eigenvalue weighted by Gasteiger charge is 2.42. The molecule has 42 heavy (non-hydrogen) atoms. The number of nitriles is 1. The highest BCUT2D eigenvalue weighted by molar-refractivity contribution is 6.19. The number of nitrogens with two attached hydrogens (primary N) is 1. The van der Waals surface area contributed by atoms with Gasteiger partial charge in [-0.2, -0.15) is 5.26 Å². The summed E-state index contributed by atoms with van der Waals surface area (Å²) in [5.41, 5.74) is 9.19. The van der Waals surface area contributed by atoms with E-state index in [0.29, 0.717) is 56.9 Å². The Kier molecular flexibility index (Phi) is 5.71. The monoisotopic (exact) mass is 566 g/mol. The number of hydrogen-bond donors (Lipinski definition) is 4. The van der Waals surface area contributed by atoms with Gasteiger partial charge in [-0.15, -0.1) is 0 Å². The van der Waals surface area contributed by atoms with Crippen molar-refractivity contribution in [2.45, 2.75) is 18.9 Å². The number of aromatic amines is 1. The number of nitrogens with one attached hydrogen (secondary N) is 2. The molecule has 4 aromatic heterocycles. The Bertz CT molecular complexity index is 2080. The SMILES string of the molecule is CNc1cc(F)c(C#N)c2c1[nH]c1ncc(-c3cnc4c(c3)c(=O)c(C(=O)O)cn4C)c(N3C[C@H]4CC[C@@H](N)[C@H]4C3)c12. The number of nitrogens with zero attached hydrogens (tertiary/aromatic N) is 5. The third-order valence-corrected chi connectivity index (χ3v) is 8.99. The van der Waals surface area contributed by atoms with Crippen molar-refractivity contribution in [2.75, 3.05) is 30.4 Å². The molecule has 1 aromatic carbocycles. The summed E-state index contributed by atoms with van der Waals surface area (Å²) >= 11 is 0. The zero-order valence-corrected chi connectivity index (χ0v) is 22.9. The number of carbonyl (C=O) groups is 1. The number of pyridine rings is 3. The third-order valence-electron chi connectivity index (χ3n) is 8.99. The minimum Gasteiger partial charge on any atom is -0.477 e. The maximum absolute atomic E-state index is 15.3. The van der Waals surface area contributed by atoms with Crippen LogP contribution >= 0.6 is 0 Å². The van der Waals surface area contributed by atoms with Gasteiger partial charge in [0.05, 0.1) is 33.2 Å². The molecular formula is C30H27FN8O3. The van der Waals surface area contributed by atoms with Crippen LogP contribution < -0.4 is 21.4 Å². The predicted octanol–water partition coefficient (Wildman–Crippen LogP) is 3.55. The summed E-state index contributed by atoms with van der Waals surface area (Å²) in [5, 5.41) is 23.8. The summed E-state index contributed by atoms with van der Waals surface area (Å²) in [4.78, 5) is 39.7. The topological polar surface area (TPSA) is 166 Å². The van der Waals surface area contributed by atoms with E-state index >= 15 is 4.39 Å². The van der Waals surface area contributed by atoms with Crippen molar-refractivity contribution in [2.24, 2.45) is 24.6 Å². The van der Waals surface area contributed by atoms with Gasteiger partial charge in [-0.25, -0.2) is 19.2 Å². The largest absolute Gasteiger partial charge is 0.477 e. The molecule has 2 fully saturated rings. The number of carboxylic acid groups (broad SMARTS) is 1. The number of aromatic carboxylic acids is 1. The van der Waals surface area contributed by atoms with Crippen LogP contribution in [-0.4, -0.2) is 56.8 Å². The molecule has 3 atom stereocenters. The first-order valence-corrected chi connectivity index (χ1v) is 13.7. The van der Waals surface area contributed by atoms with Crippen molar-refractivity contribution in [3.05, 3.63) is 57.9 Å². The van der Waals surface area contributed by atoms with E-state index in [0.717, 1.165) is 25.1 Å². The molecule has 12 heteroatoms. The summed E-state index contributed by atoms with van der Waals surface area (Å²) in [7, 11) is 3.32. The lowest BCUT2D eigenvalue weighted by molar-refractivity contribution is 0.0695. The zero-order valence-electron chi connectivity index (χ0n) is 22.9. The maximum Gasteiger partial charge on any atom is 0.341 e. The molecule has 0 radical (unpaired) electrons. The van der Waals surface area contributed by atoms with E-state index in [2.05, 4.69) is 25.2 Å². The Hall–Kier alpha value is -5.02. The van der Waals surface area contributed by atoms with Gasteiger partial charge in [0.15, 0.2) is 0 Å². The molecule has 1 aliphatic heterocycles. The van der Waals surface area contributed by atoms with E-state index in [-0.39, 0.29) is 28.5 Å². The van der Waals surface area contributed by atoms with Gasteiger partial charge in [-0.1, -0.05) is 0 Å². The van der Waals surface area contributed by atoms with E-state index < -0.39 is 17.2 Å². The smallest absolute Gasteiger partial charge is 0.341 e. The van der Waals surface area contributed by atoms with Crippen LogP contribution in [0.25, 0.3) is 44.1 Å². The number of aromatic nitrogens is 4. The first-order chi connectivity index (χ1) is 20.2. The molecule has 0 amide bonds. The Morgan fingerprint density at radius 2 is 2.05 bits per heavy atom. The highest BCUT2D eigenvalue weighted by Crippen LogP contribution is 2.47. The molecule has 212 valence electrons. The highest BCUT2D eigenvalue weighted by atomic mass is 19.1. The van der Waals surface area contributed by atoms with Gasteiger partial charge in [0.1, 0.15) is 28.7 Å². The first kappa shape index (κ1) is 25.9. The fraction of sp³-hybridized carbons (Fsp3) is 0.300. The average molecular weight is 567 g/mol. The average Bonchev–Trinajstić information content (AvgIpc) is 3.68. The molecule has 0 unspecified atom stereocenters. The second-order valence-corrected chi connectivity index (χ2v) is 11.2. The molecule has 1 saturated heterocycles. The molecule has 0 spiro atoms. The van der Waals surface area contributed by atoms with Crippen LogP contribution in [0.2, 0.25) is 0 Å². The number of H-pyrrole nitrogens is 1. The van der Waals surface area contributed by atoms with Gasteiger partial charge < -0.3 is 30.6 Å². The minimum absolute atomic E-state index is 0.0755. The number of aryl methyl sites for hydroxylation is 1. The fourth-order valence-corrected chi connectivity index (χ4v) is 6.98. The van der Waals surface area contributed by atoms with Crippen molar-refractivity contribution < 1.29 is 14.3 Å². The Balaban J connectivity index is 1.57. The first-order valence-electron chi connectivity index (χ1n) is 13.7. The van der Waals surface area contributed by atoms with Crippen molar-refractivity contribution in [3.63, 3.8) is 0 Å². The number of carboxylic acids is 1. The summed E-state index contributed by atoms with van der Waals surface area (Å²) in [5.74, 6) is -1.30. The molecule has 5 aromatic rings. The normalized spacial score (nSPS) is 20.0. The van der Waals surface area contributed by atoms with Gasteiger partial charge >= 0.3 is 5.97 Å². The quantitative estimate of drug-likeness (QED) is 0.254. The number of halogens is 1. The van der Waals surface area contributed by atoms with Gasteiger partial charge in [-0.05, 0) is 30.7 Å². The molecule has 1 aliphatic carbocycles. The number of benzene rings is 1. The number of hydrogen-bond acceptors (Lipinski definition) is 8. The van der Waals surface area contributed by atoms with E-state index in [1.165, 1.54) is 16.8 Å². The minimum atomic E-state index is -1.32. The molecule has 1 saturated carbocycles. The van der Waals surface area contributed by atoms with E-state index in [1.54, 1.807) is 32.6 Å². The second-order valence-electron chi connectivity index (χ2n) is 11.2. The molecular weight excluding hydrogens is 539 g/mol. The molecule has 5 heterocycles. The standard InChI is InChI=1S/C30H27FN8O3/c1-34-22-6-20(31)16(7-32)23-24-26(39-10-13-3-4-21(33)18(13)12-39)17(9-35-28(24)37-25(22)23)14-5-15-27(40)19(30(41)42)11-38(2)29(15)36-8-14/h5-6,8-9,11,13,18,21,34H,3-4,10,12,33H2,1-2H3,(H,35,37)(H,41,42)/t13-,18+,21-/m1/s1. The number of anilines is 2. The summed E-state index contributed by atoms with van der Waals surface area (Å²) in [6, 6.07) is 5.04. The third kappa shape index (κ3) is 3.60. The maximum atomic E-state index is 15.3. The number of fused-ring (bicyclic) bond motifs is 5. The lowest BCUT2D eigenvalue weighted by atomic mass is 9.98. The van der Waals surface area contributed by atoms with Crippen molar-refractivity contribution >= 4 is 50.3 Å². The van der Waals surface area contributed by atoms with Crippen LogP contribution in [0.15, 0.2) is 35.5 Å². The van der Waals surface area contributed by atoms with Crippen molar-refractivity contribution in [3.8, 4) is 17.2 Å². The zero-order chi connectivity index (χ0) is 29.4. The summed E-state index contributed by atoms with van der Waals surface area (Å²) < 4.78 is 16.8. The van der Waals surface area contributed by atoms with Crippen LogP contribution in [0.1, 0.15) is 28.8 Å². The Morgan fingerprint density at radius 1 is 1.24 bits per heavy atom. The van der Waals surface area contributed by atoms with Crippen LogP contribution in [-0.2, 0) is 7.05 Å². The Labute approximate surface area is 238 Å². The summed E-state index contributed by atoms with van der Waals surface area (Å²) in [6.07, 6.45) is 6.53. The second kappa shape index (κ2) is 9.25. The van der Waals surface area contributed by atoms with Gasteiger partial charge in [0.2, 0.25) is 5.43 Å². The molecule has 5 N–H and O–H groups in total. The molecule has 0 bridgehead atoms. The van der Waals surface area contributed by atoms with Crippen LogP contribution in [0.4, 0.5) is 15.8 Å². The van der Waals surface area contributed by atoms with E-state index in [1.807, 2.05) is 6.07 Å². The van der Waals surface area contributed by atoms with Crippen molar-refractivity contribution in [1.29, 1.82) is 5.26 Å². The fourth-order valence-electron chi connectivity index (χ4n) is 6.98. The molecule has 2 aliphatic rings. The lowest BCUT2D eigenvalue weighted by Gasteiger charge is -2.25. The van der Waals surface area contributed by atoms with Gasteiger partial charge in [-0.3, -0.25) is 4.79 Å². The van der Waals surface area contributed by atoms with E-state index in [4.69, 9.17) is 5.73 Å².